The number of aromatic nitrogens is 3. The third-order valence-corrected chi connectivity index (χ3v) is 5.89. The molecule has 0 bridgehead atoms. The van der Waals surface area contributed by atoms with Crippen LogP contribution in [0.4, 0.5) is 0 Å². The molecule has 0 N–H and O–H groups in total. The van der Waals surface area contributed by atoms with E-state index in [2.05, 4.69) is 24.0 Å². The van der Waals surface area contributed by atoms with E-state index in [1.807, 2.05) is 10.3 Å². The number of likely N-dealkylation sites (tertiary alicyclic amines) is 1. The minimum Gasteiger partial charge on any atom is -0.339 e. The van der Waals surface area contributed by atoms with Crippen LogP contribution < -0.4 is 0 Å². The highest BCUT2D eigenvalue weighted by Gasteiger charge is 2.54. The zero-order chi connectivity index (χ0) is 16.7. The van der Waals surface area contributed by atoms with E-state index in [9.17, 15) is 4.79 Å². The molecule has 0 radical (unpaired) electrons. The average molecular weight is 346 g/mol. The normalized spacial score (nSPS) is 26.3. The number of fused-ring (bicyclic) bond motifs is 1. The van der Waals surface area contributed by atoms with Crippen molar-refractivity contribution in [1.29, 1.82) is 0 Å². The van der Waals surface area contributed by atoms with E-state index in [1.54, 1.807) is 5.51 Å². The van der Waals surface area contributed by atoms with Crippen molar-refractivity contribution in [3.05, 3.63) is 28.3 Å². The van der Waals surface area contributed by atoms with Gasteiger partial charge in [-0.3, -0.25) is 4.79 Å². The Hall–Kier alpha value is -1.76. The smallest absolute Gasteiger partial charge is 0.273 e. The molecule has 1 saturated heterocycles. The SMILES string of the molecule is CC(C)Cc1nc([C@@]23CCC[C@@H]2CN(C(=O)c2cscn2)C3)no1. The Kier molecular flexibility index (Phi) is 3.90. The molecule has 2 fully saturated rings. The molecule has 2 aromatic rings. The Balaban J connectivity index is 1.59. The summed E-state index contributed by atoms with van der Waals surface area (Å²) < 4.78 is 5.48. The number of carbonyl (C=O) groups is 1. The molecule has 24 heavy (non-hydrogen) atoms. The Morgan fingerprint density at radius 3 is 3.17 bits per heavy atom. The first kappa shape index (κ1) is 15.7. The van der Waals surface area contributed by atoms with Crippen LogP contribution in [0.3, 0.4) is 0 Å². The summed E-state index contributed by atoms with van der Waals surface area (Å²) in [6, 6.07) is 0. The van der Waals surface area contributed by atoms with Gasteiger partial charge in [-0.1, -0.05) is 25.4 Å². The van der Waals surface area contributed by atoms with Gasteiger partial charge in [0.2, 0.25) is 5.89 Å². The van der Waals surface area contributed by atoms with Crippen LogP contribution in [0.1, 0.15) is 55.3 Å². The highest BCUT2D eigenvalue weighted by atomic mass is 32.1. The van der Waals surface area contributed by atoms with Crippen LogP contribution in [0.15, 0.2) is 15.4 Å². The van der Waals surface area contributed by atoms with Crippen molar-refractivity contribution in [2.45, 2.75) is 44.9 Å². The summed E-state index contributed by atoms with van der Waals surface area (Å²) in [7, 11) is 0. The molecule has 2 aromatic heterocycles. The molecule has 1 aliphatic heterocycles. The summed E-state index contributed by atoms with van der Waals surface area (Å²) in [5.74, 6) is 2.44. The fraction of sp³-hybridized carbons (Fsp3) is 0.647. The lowest BCUT2D eigenvalue weighted by atomic mass is 9.80. The van der Waals surface area contributed by atoms with Crippen molar-refractivity contribution >= 4 is 17.2 Å². The van der Waals surface area contributed by atoms with E-state index < -0.39 is 0 Å². The second-order valence-corrected chi connectivity index (χ2v) is 8.13. The molecular formula is C17H22N4O2S. The van der Waals surface area contributed by atoms with E-state index >= 15 is 0 Å². The number of hydrogen-bond donors (Lipinski definition) is 0. The molecule has 0 aromatic carbocycles. The summed E-state index contributed by atoms with van der Waals surface area (Å²) in [5, 5.41) is 6.12. The monoisotopic (exact) mass is 346 g/mol. The van der Waals surface area contributed by atoms with Crippen molar-refractivity contribution < 1.29 is 9.32 Å². The van der Waals surface area contributed by atoms with Gasteiger partial charge in [0.25, 0.3) is 5.91 Å². The van der Waals surface area contributed by atoms with Crippen LogP contribution in [0.2, 0.25) is 0 Å². The fourth-order valence-electron chi connectivity index (χ4n) is 4.18. The quantitative estimate of drug-likeness (QED) is 0.851. The van der Waals surface area contributed by atoms with E-state index in [4.69, 9.17) is 9.51 Å². The summed E-state index contributed by atoms with van der Waals surface area (Å²) >= 11 is 1.45. The Labute approximate surface area is 145 Å². The summed E-state index contributed by atoms with van der Waals surface area (Å²) in [4.78, 5) is 23.5. The highest BCUT2D eigenvalue weighted by Crippen LogP contribution is 2.49. The predicted octanol–water partition coefficient (Wildman–Crippen LogP) is 2.92. The van der Waals surface area contributed by atoms with Gasteiger partial charge >= 0.3 is 0 Å². The van der Waals surface area contributed by atoms with Gasteiger partial charge in [0, 0.05) is 24.9 Å². The molecule has 128 valence electrons. The average Bonchev–Trinajstić information content (AvgIpc) is 3.29. The molecule has 0 spiro atoms. The number of amides is 1. The lowest BCUT2D eigenvalue weighted by Crippen LogP contribution is -2.35. The molecular weight excluding hydrogens is 324 g/mol. The molecule has 1 aliphatic carbocycles. The molecule has 3 heterocycles. The molecule has 4 rings (SSSR count). The number of rotatable bonds is 4. The zero-order valence-corrected chi connectivity index (χ0v) is 14.9. The first-order chi connectivity index (χ1) is 11.6. The maximum absolute atomic E-state index is 12.7. The van der Waals surface area contributed by atoms with Gasteiger partial charge < -0.3 is 9.42 Å². The minimum atomic E-state index is -0.135. The van der Waals surface area contributed by atoms with Crippen molar-refractivity contribution in [2.75, 3.05) is 13.1 Å². The van der Waals surface area contributed by atoms with Gasteiger partial charge in [0.15, 0.2) is 5.82 Å². The maximum atomic E-state index is 12.7. The molecule has 1 amide bonds. The molecule has 1 saturated carbocycles. The number of hydrogen-bond acceptors (Lipinski definition) is 6. The summed E-state index contributed by atoms with van der Waals surface area (Å²) in [6.07, 6.45) is 4.11. The van der Waals surface area contributed by atoms with E-state index in [0.717, 1.165) is 38.1 Å². The van der Waals surface area contributed by atoms with Crippen molar-refractivity contribution in [2.24, 2.45) is 11.8 Å². The summed E-state index contributed by atoms with van der Waals surface area (Å²) in [5.41, 5.74) is 2.12. The van der Waals surface area contributed by atoms with Gasteiger partial charge in [-0.25, -0.2) is 4.98 Å². The summed E-state index contributed by atoms with van der Waals surface area (Å²) in [6.45, 7) is 5.73. The highest BCUT2D eigenvalue weighted by molar-refractivity contribution is 7.07. The molecule has 7 heteroatoms. The van der Waals surface area contributed by atoms with E-state index in [1.165, 1.54) is 11.3 Å². The molecule has 6 nitrogen and oxygen atoms in total. The predicted molar refractivity (Wildman–Crippen MR) is 89.9 cm³/mol. The second-order valence-electron chi connectivity index (χ2n) is 7.41. The Bertz CT molecular complexity index is 727. The topological polar surface area (TPSA) is 72.1 Å². The molecule has 0 unspecified atom stereocenters. The third-order valence-electron chi connectivity index (χ3n) is 5.31. The molecule has 2 aliphatic rings. The maximum Gasteiger partial charge on any atom is 0.273 e. The third kappa shape index (κ3) is 2.55. The number of thiazole rings is 1. The largest absolute Gasteiger partial charge is 0.339 e. The van der Waals surface area contributed by atoms with Gasteiger partial charge in [-0.05, 0) is 24.7 Å². The van der Waals surface area contributed by atoms with Crippen molar-refractivity contribution in [3.8, 4) is 0 Å². The van der Waals surface area contributed by atoms with Crippen LogP contribution >= 0.6 is 11.3 Å². The first-order valence-electron chi connectivity index (χ1n) is 8.59. The van der Waals surface area contributed by atoms with Crippen molar-refractivity contribution in [3.63, 3.8) is 0 Å². The van der Waals surface area contributed by atoms with Gasteiger partial charge in [-0.15, -0.1) is 11.3 Å². The van der Waals surface area contributed by atoms with Crippen molar-refractivity contribution in [1.82, 2.24) is 20.0 Å². The van der Waals surface area contributed by atoms with E-state index in [0.29, 0.717) is 30.0 Å². The number of carbonyl (C=O) groups excluding carboxylic acids is 1. The zero-order valence-electron chi connectivity index (χ0n) is 14.1. The lowest BCUT2D eigenvalue weighted by molar-refractivity contribution is 0.0772. The van der Waals surface area contributed by atoms with Crippen LogP contribution in [-0.2, 0) is 11.8 Å². The molecule has 2 atom stereocenters. The Morgan fingerprint density at radius 2 is 2.42 bits per heavy atom. The van der Waals surface area contributed by atoms with Crippen LogP contribution in [0.5, 0.6) is 0 Å². The lowest BCUT2D eigenvalue weighted by Gasteiger charge is -2.24. The number of nitrogens with zero attached hydrogens (tertiary/aromatic N) is 4. The standard InChI is InChI=1S/C17H22N4O2S/c1-11(2)6-14-19-16(20-23-14)17-5-3-4-12(17)7-21(9-17)15(22)13-8-24-10-18-13/h8,10-12H,3-7,9H2,1-2H3/t12-,17-/m1/s1. The van der Waals surface area contributed by atoms with Gasteiger partial charge in [-0.2, -0.15) is 4.98 Å². The van der Waals surface area contributed by atoms with Crippen LogP contribution in [0.25, 0.3) is 0 Å². The first-order valence-corrected chi connectivity index (χ1v) is 9.53. The Morgan fingerprint density at radius 1 is 1.54 bits per heavy atom. The fourth-order valence-corrected chi connectivity index (χ4v) is 4.70. The van der Waals surface area contributed by atoms with E-state index in [-0.39, 0.29) is 11.3 Å². The van der Waals surface area contributed by atoms with Gasteiger partial charge in [0.05, 0.1) is 10.9 Å². The second kappa shape index (κ2) is 5.95. The van der Waals surface area contributed by atoms with Crippen LogP contribution in [-0.4, -0.2) is 39.0 Å². The van der Waals surface area contributed by atoms with Gasteiger partial charge in [0.1, 0.15) is 5.69 Å². The van der Waals surface area contributed by atoms with Crippen LogP contribution in [0, 0.1) is 11.8 Å². The minimum absolute atomic E-state index is 0.0240.